The van der Waals surface area contributed by atoms with Crippen molar-refractivity contribution in [1.82, 2.24) is 19.7 Å². The zero-order valence-corrected chi connectivity index (χ0v) is 13.7. The van der Waals surface area contributed by atoms with Crippen LogP contribution in [0.25, 0.3) is 0 Å². The molecule has 0 radical (unpaired) electrons. The van der Waals surface area contributed by atoms with Crippen LogP contribution in [0.3, 0.4) is 0 Å². The first-order chi connectivity index (χ1) is 10.1. The minimum absolute atomic E-state index is 0.00829. The van der Waals surface area contributed by atoms with Gasteiger partial charge in [0.15, 0.2) is 5.82 Å². The normalized spacial score (nSPS) is 13.3. The quantitative estimate of drug-likeness (QED) is 0.856. The molecule has 3 rings (SSSR count). The van der Waals surface area contributed by atoms with Gasteiger partial charge in [-0.2, -0.15) is 0 Å². The van der Waals surface area contributed by atoms with Gasteiger partial charge in [-0.3, -0.25) is 4.79 Å². The lowest BCUT2D eigenvalue weighted by Crippen LogP contribution is -2.27. The number of nitrogens with zero attached hydrogens (tertiary/aromatic N) is 4. The molecule has 0 saturated carbocycles. The Morgan fingerprint density at radius 2 is 2.24 bits per heavy atom. The number of amides is 1. The van der Waals surface area contributed by atoms with Crippen molar-refractivity contribution in [2.24, 2.45) is 0 Å². The number of halogens is 1. The SMILES string of the molecule is Cc1ccc(C(=O)N(C)Cc2nnc3n2CCC3)cc1Br. The average molecular weight is 349 g/mol. The largest absolute Gasteiger partial charge is 0.334 e. The van der Waals surface area contributed by atoms with E-state index in [9.17, 15) is 4.79 Å². The first-order valence-electron chi connectivity index (χ1n) is 6.99. The van der Waals surface area contributed by atoms with Crippen molar-refractivity contribution in [1.29, 1.82) is 0 Å². The number of hydrogen-bond acceptors (Lipinski definition) is 3. The third-order valence-corrected chi connectivity index (χ3v) is 4.68. The molecule has 0 aliphatic carbocycles. The molecule has 0 saturated heterocycles. The van der Waals surface area contributed by atoms with Crippen molar-refractivity contribution in [3.63, 3.8) is 0 Å². The summed E-state index contributed by atoms with van der Waals surface area (Å²) in [5.41, 5.74) is 1.79. The Hall–Kier alpha value is -1.69. The molecular weight excluding hydrogens is 332 g/mol. The van der Waals surface area contributed by atoms with Crippen LogP contribution in [0.4, 0.5) is 0 Å². The lowest BCUT2D eigenvalue weighted by atomic mass is 10.1. The van der Waals surface area contributed by atoms with E-state index in [1.165, 1.54) is 0 Å². The van der Waals surface area contributed by atoms with Gasteiger partial charge in [-0.15, -0.1) is 10.2 Å². The van der Waals surface area contributed by atoms with Gasteiger partial charge < -0.3 is 9.47 Å². The number of carbonyl (C=O) groups is 1. The van der Waals surface area contributed by atoms with Gasteiger partial charge in [0.05, 0.1) is 6.54 Å². The molecule has 0 spiro atoms. The maximum absolute atomic E-state index is 12.5. The Balaban J connectivity index is 1.76. The molecule has 2 aromatic rings. The smallest absolute Gasteiger partial charge is 0.254 e. The van der Waals surface area contributed by atoms with Crippen molar-refractivity contribution in [3.8, 4) is 0 Å². The van der Waals surface area contributed by atoms with Crippen LogP contribution in [0.5, 0.6) is 0 Å². The van der Waals surface area contributed by atoms with E-state index >= 15 is 0 Å². The molecule has 2 heterocycles. The van der Waals surface area contributed by atoms with E-state index in [4.69, 9.17) is 0 Å². The molecule has 1 amide bonds. The predicted octanol–water partition coefficient (Wildman–Crippen LogP) is 2.57. The summed E-state index contributed by atoms with van der Waals surface area (Å²) < 4.78 is 3.07. The molecule has 6 heteroatoms. The van der Waals surface area contributed by atoms with E-state index < -0.39 is 0 Å². The predicted molar refractivity (Wildman–Crippen MR) is 83.0 cm³/mol. The zero-order chi connectivity index (χ0) is 15.0. The maximum Gasteiger partial charge on any atom is 0.254 e. The van der Waals surface area contributed by atoms with Gasteiger partial charge in [-0.25, -0.2) is 0 Å². The fraction of sp³-hybridized carbons (Fsp3) is 0.400. The Kier molecular flexibility index (Phi) is 3.80. The molecular formula is C15H17BrN4O. The topological polar surface area (TPSA) is 51.0 Å². The van der Waals surface area contributed by atoms with Gasteiger partial charge in [0.25, 0.3) is 5.91 Å². The highest BCUT2D eigenvalue weighted by Gasteiger charge is 2.20. The second-order valence-corrected chi connectivity index (χ2v) is 6.27. The maximum atomic E-state index is 12.5. The monoisotopic (exact) mass is 348 g/mol. The van der Waals surface area contributed by atoms with Crippen LogP contribution in [0.2, 0.25) is 0 Å². The molecule has 0 N–H and O–H groups in total. The van der Waals surface area contributed by atoms with E-state index in [1.807, 2.05) is 25.1 Å². The minimum Gasteiger partial charge on any atom is -0.334 e. The first kappa shape index (κ1) is 14.3. The highest BCUT2D eigenvalue weighted by molar-refractivity contribution is 9.10. The molecule has 21 heavy (non-hydrogen) atoms. The zero-order valence-electron chi connectivity index (χ0n) is 12.1. The number of carbonyl (C=O) groups excluding carboxylic acids is 1. The van der Waals surface area contributed by atoms with Crippen LogP contribution < -0.4 is 0 Å². The molecule has 1 aromatic carbocycles. The second kappa shape index (κ2) is 5.60. The molecule has 1 aromatic heterocycles. The van der Waals surface area contributed by atoms with Crippen LogP contribution in [0.15, 0.2) is 22.7 Å². The summed E-state index contributed by atoms with van der Waals surface area (Å²) in [7, 11) is 1.80. The first-order valence-corrected chi connectivity index (χ1v) is 7.78. The van der Waals surface area contributed by atoms with Crippen molar-refractivity contribution in [3.05, 3.63) is 45.4 Å². The number of benzene rings is 1. The van der Waals surface area contributed by atoms with Gasteiger partial charge in [0.2, 0.25) is 0 Å². The number of hydrogen-bond donors (Lipinski definition) is 0. The molecule has 5 nitrogen and oxygen atoms in total. The van der Waals surface area contributed by atoms with Crippen molar-refractivity contribution < 1.29 is 4.79 Å². The summed E-state index contributed by atoms with van der Waals surface area (Å²) in [6.45, 7) is 3.44. The highest BCUT2D eigenvalue weighted by atomic mass is 79.9. The average Bonchev–Trinajstić information content (AvgIpc) is 3.06. The molecule has 0 fully saturated rings. The van der Waals surface area contributed by atoms with E-state index in [0.717, 1.165) is 41.1 Å². The van der Waals surface area contributed by atoms with Crippen LogP contribution in [0, 0.1) is 6.92 Å². The molecule has 1 aliphatic rings. The lowest BCUT2D eigenvalue weighted by molar-refractivity contribution is 0.0780. The van der Waals surface area contributed by atoms with E-state index in [-0.39, 0.29) is 5.91 Å². The standard InChI is InChI=1S/C15H17BrN4O/c1-10-5-6-11(8-12(10)16)15(21)19(2)9-14-18-17-13-4-3-7-20(13)14/h5-6,8H,3-4,7,9H2,1-2H3. The number of rotatable bonds is 3. The minimum atomic E-state index is -0.00829. The fourth-order valence-electron chi connectivity index (χ4n) is 2.56. The molecule has 1 aliphatic heterocycles. The summed E-state index contributed by atoms with van der Waals surface area (Å²) in [6, 6.07) is 5.66. The van der Waals surface area contributed by atoms with Gasteiger partial charge in [0.1, 0.15) is 5.82 Å². The summed E-state index contributed by atoms with van der Waals surface area (Å²) in [5, 5.41) is 8.37. The highest BCUT2D eigenvalue weighted by Crippen LogP contribution is 2.19. The Labute approximate surface area is 132 Å². The second-order valence-electron chi connectivity index (χ2n) is 5.41. The summed E-state index contributed by atoms with van der Waals surface area (Å²) in [5.74, 6) is 1.89. The van der Waals surface area contributed by atoms with Crippen LogP contribution in [0.1, 0.15) is 34.0 Å². The van der Waals surface area contributed by atoms with E-state index in [1.54, 1.807) is 11.9 Å². The molecule has 0 atom stereocenters. The number of fused-ring (bicyclic) bond motifs is 1. The Morgan fingerprint density at radius 1 is 1.43 bits per heavy atom. The van der Waals surface area contributed by atoms with Crippen molar-refractivity contribution >= 4 is 21.8 Å². The molecule has 110 valence electrons. The van der Waals surface area contributed by atoms with Crippen LogP contribution >= 0.6 is 15.9 Å². The fourth-order valence-corrected chi connectivity index (χ4v) is 2.94. The Bertz CT molecular complexity index is 695. The van der Waals surface area contributed by atoms with Crippen LogP contribution in [-0.2, 0) is 19.5 Å². The summed E-state index contributed by atoms with van der Waals surface area (Å²) >= 11 is 3.47. The van der Waals surface area contributed by atoms with Gasteiger partial charge in [0, 0.05) is 30.0 Å². The number of aromatic nitrogens is 3. The van der Waals surface area contributed by atoms with Gasteiger partial charge in [-0.05, 0) is 31.0 Å². The lowest BCUT2D eigenvalue weighted by Gasteiger charge is -2.17. The van der Waals surface area contributed by atoms with Gasteiger partial charge in [-0.1, -0.05) is 22.0 Å². The molecule has 0 unspecified atom stereocenters. The number of aryl methyl sites for hydroxylation is 2. The summed E-state index contributed by atoms with van der Waals surface area (Å²) in [4.78, 5) is 14.2. The van der Waals surface area contributed by atoms with E-state index in [2.05, 4.69) is 30.7 Å². The third kappa shape index (κ3) is 2.72. The third-order valence-electron chi connectivity index (χ3n) is 3.83. The van der Waals surface area contributed by atoms with Gasteiger partial charge >= 0.3 is 0 Å². The van der Waals surface area contributed by atoms with Crippen molar-refractivity contribution in [2.45, 2.75) is 32.9 Å². The Morgan fingerprint density at radius 3 is 3.00 bits per heavy atom. The summed E-state index contributed by atoms with van der Waals surface area (Å²) in [6.07, 6.45) is 2.09. The van der Waals surface area contributed by atoms with Crippen LogP contribution in [-0.4, -0.2) is 32.6 Å². The molecule has 0 bridgehead atoms. The van der Waals surface area contributed by atoms with E-state index in [0.29, 0.717) is 12.1 Å². The van der Waals surface area contributed by atoms with Crippen molar-refractivity contribution in [2.75, 3.05) is 7.05 Å².